The summed E-state index contributed by atoms with van der Waals surface area (Å²) in [6, 6.07) is 1.70. The molecule has 0 unspecified atom stereocenters. The lowest BCUT2D eigenvalue weighted by Gasteiger charge is -2.06. The molecule has 2 aromatic heterocycles. The van der Waals surface area contributed by atoms with Crippen molar-refractivity contribution < 1.29 is 14.6 Å². The number of aromatic nitrogens is 3. The number of carbonyl (C=O) groups is 1. The van der Waals surface area contributed by atoms with Crippen LogP contribution in [0.25, 0.3) is 0 Å². The van der Waals surface area contributed by atoms with E-state index < -0.39 is 5.97 Å². The van der Waals surface area contributed by atoms with Gasteiger partial charge in [-0.1, -0.05) is 0 Å². The zero-order valence-corrected chi connectivity index (χ0v) is 11.3. The molecule has 7 heteroatoms. The van der Waals surface area contributed by atoms with Crippen LogP contribution in [-0.4, -0.2) is 25.8 Å². The van der Waals surface area contributed by atoms with Crippen LogP contribution in [0.3, 0.4) is 0 Å². The minimum atomic E-state index is -1.07. The van der Waals surface area contributed by atoms with Crippen molar-refractivity contribution in [2.75, 3.05) is 0 Å². The first-order chi connectivity index (χ1) is 8.49. The first-order valence-electron chi connectivity index (χ1n) is 5.04. The van der Waals surface area contributed by atoms with Gasteiger partial charge in [0.25, 0.3) is 0 Å². The number of hydrogen-bond acceptors (Lipinski definition) is 4. The SMILES string of the molecule is Cc1nn(C)c(Oc2cncc(Br)c2)c1C(=O)O. The number of ether oxygens (including phenoxy) is 1. The van der Waals surface area contributed by atoms with Gasteiger partial charge in [0.15, 0.2) is 0 Å². The fourth-order valence-electron chi connectivity index (χ4n) is 1.56. The van der Waals surface area contributed by atoms with E-state index in [1.54, 1.807) is 26.2 Å². The molecule has 0 radical (unpaired) electrons. The molecule has 6 nitrogen and oxygen atoms in total. The average molecular weight is 312 g/mol. The molecule has 0 amide bonds. The molecule has 1 N–H and O–H groups in total. The van der Waals surface area contributed by atoms with Crippen LogP contribution in [0.5, 0.6) is 11.6 Å². The Morgan fingerprint density at radius 2 is 2.22 bits per heavy atom. The van der Waals surface area contributed by atoms with Gasteiger partial charge >= 0.3 is 5.97 Å². The van der Waals surface area contributed by atoms with Crippen LogP contribution in [0, 0.1) is 6.92 Å². The molecule has 0 fully saturated rings. The normalized spacial score (nSPS) is 10.4. The second kappa shape index (κ2) is 4.77. The molecule has 2 heterocycles. The van der Waals surface area contributed by atoms with E-state index in [4.69, 9.17) is 9.84 Å². The van der Waals surface area contributed by atoms with Crippen LogP contribution in [0.1, 0.15) is 16.1 Å². The molecule has 0 atom stereocenters. The third kappa shape index (κ3) is 2.35. The van der Waals surface area contributed by atoms with Gasteiger partial charge in [-0.25, -0.2) is 9.48 Å². The summed E-state index contributed by atoms with van der Waals surface area (Å²) in [6.07, 6.45) is 3.11. The van der Waals surface area contributed by atoms with Crippen molar-refractivity contribution in [3.63, 3.8) is 0 Å². The predicted molar refractivity (Wildman–Crippen MR) is 66.9 cm³/mol. The van der Waals surface area contributed by atoms with Gasteiger partial charge in [0.05, 0.1) is 11.9 Å². The number of hydrogen-bond donors (Lipinski definition) is 1. The highest BCUT2D eigenvalue weighted by molar-refractivity contribution is 9.10. The molecule has 0 spiro atoms. The second-order valence-corrected chi connectivity index (χ2v) is 4.55. The lowest BCUT2D eigenvalue weighted by molar-refractivity contribution is 0.0693. The Morgan fingerprint density at radius 3 is 2.83 bits per heavy atom. The summed E-state index contributed by atoms with van der Waals surface area (Å²) in [7, 11) is 1.63. The van der Waals surface area contributed by atoms with Crippen LogP contribution in [-0.2, 0) is 7.05 Å². The fraction of sp³-hybridized carbons (Fsp3) is 0.182. The van der Waals surface area contributed by atoms with E-state index in [-0.39, 0.29) is 11.4 Å². The Bertz CT molecular complexity index is 610. The lowest BCUT2D eigenvalue weighted by atomic mass is 10.2. The molecular weight excluding hydrogens is 302 g/mol. The highest BCUT2D eigenvalue weighted by atomic mass is 79.9. The molecule has 2 rings (SSSR count). The Balaban J connectivity index is 2.43. The molecule has 0 aromatic carbocycles. The monoisotopic (exact) mass is 311 g/mol. The Morgan fingerprint density at radius 1 is 1.50 bits per heavy atom. The largest absolute Gasteiger partial charge is 0.477 e. The van der Waals surface area contributed by atoms with Gasteiger partial charge < -0.3 is 9.84 Å². The van der Waals surface area contributed by atoms with Crippen molar-refractivity contribution >= 4 is 21.9 Å². The highest BCUT2D eigenvalue weighted by Gasteiger charge is 2.21. The third-order valence-electron chi connectivity index (χ3n) is 2.28. The van der Waals surface area contributed by atoms with Crippen molar-refractivity contribution in [2.24, 2.45) is 7.05 Å². The van der Waals surface area contributed by atoms with Gasteiger partial charge in [0.2, 0.25) is 5.88 Å². The van der Waals surface area contributed by atoms with Crippen LogP contribution >= 0.6 is 15.9 Å². The van der Waals surface area contributed by atoms with Gasteiger partial charge in [0, 0.05) is 17.7 Å². The third-order valence-corrected chi connectivity index (χ3v) is 2.71. The molecule has 0 aliphatic heterocycles. The Labute approximate surface area is 111 Å². The number of pyridine rings is 1. The van der Waals surface area contributed by atoms with Crippen LogP contribution in [0.15, 0.2) is 22.9 Å². The molecule has 0 aliphatic carbocycles. The van der Waals surface area contributed by atoms with Crippen molar-refractivity contribution in [1.29, 1.82) is 0 Å². The van der Waals surface area contributed by atoms with Crippen LogP contribution in [0.2, 0.25) is 0 Å². The number of nitrogens with zero attached hydrogens (tertiary/aromatic N) is 3. The summed E-state index contributed by atoms with van der Waals surface area (Å²) in [5.74, 6) is -0.451. The van der Waals surface area contributed by atoms with E-state index >= 15 is 0 Å². The summed E-state index contributed by atoms with van der Waals surface area (Å²) >= 11 is 3.27. The topological polar surface area (TPSA) is 77.2 Å². The Hall–Kier alpha value is -1.89. The summed E-state index contributed by atoms with van der Waals surface area (Å²) in [5.41, 5.74) is 0.459. The summed E-state index contributed by atoms with van der Waals surface area (Å²) in [4.78, 5) is 15.1. The van der Waals surface area contributed by atoms with Crippen molar-refractivity contribution in [2.45, 2.75) is 6.92 Å². The molecule has 0 saturated heterocycles. The van der Waals surface area contributed by atoms with Crippen LogP contribution < -0.4 is 4.74 Å². The predicted octanol–water partition coefficient (Wildman–Crippen LogP) is 2.38. The number of rotatable bonds is 3. The maximum atomic E-state index is 11.2. The zero-order chi connectivity index (χ0) is 13.3. The second-order valence-electron chi connectivity index (χ2n) is 3.64. The fourth-order valence-corrected chi connectivity index (χ4v) is 1.90. The number of aryl methyl sites for hydroxylation is 2. The Kier molecular flexibility index (Phi) is 3.33. The number of carboxylic acids is 1. The minimum Gasteiger partial charge on any atom is -0.477 e. The number of halogens is 1. The van der Waals surface area contributed by atoms with Gasteiger partial charge in [-0.2, -0.15) is 5.10 Å². The van der Waals surface area contributed by atoms with E-state index in [1.807, 2.05) is 0 Å². The molecule has 2 aromatic rings. The number of carboxylic acid groups (broad SMARTS) is 1. The molecule has 0 aliphatic rings. The highest BCUT2D eigenvalue weighted by Crippen LogP contribution is 2.27. The quantitative estimate of drug-likeness (QED) is 0.941. The average Bonchev–Trinajstić information content (AvgIpc) is 2.53. The van der Waals surface area contributed by atoms with Gasteiger partial charge in [-0.05, 0) is 28.9 Å². The molecule has 94 valence electrons. The van der Waals surface area contributed by atoms with Gasteiger partial charge in [0.1, 0.15) is 11.3 Å². The van der Waals surface area contributed by atoms with E-state index in [9.17, 15) is 4.79 Å². The van der Waals surface area contributed by atoms with Gasteiger partial charge in [-0.3, -0.25) is 4.98 Å². The molecule has 0 bridgehead atoms. The summed E-state index contributed by atoms with van der Waals surface area (Å²) in [5, 5.41) is 13.2. The van der Waals surface area contributed by atoms with E-state index in [0.717, 1.165) is 4.47 Å². The van der Waals surface area contributed by atoms with E-state index in [0.29, 0.717) is 11.4 Å². The zero-order valence-electron chi connectivity index (χ0n) is 9.72. The van der Waals surface area contributed by atoms with Crippen molar-refractivity contribution in [3.05, 3.63) is 34.2 Å². The maximum Gasteiger partial charge on any atom is 0.343 e. The standard InChI is InChI=1S/C11H10BrN3O3/c1-6-9(11(16)17)10(15(2)14-6)18-8-3-7(12)4-13-5-8/h3-5H,1-2H3,(H,16,17). The first kappa shape index (κ1) is 12.6. The summed E-state index contributed by atoms with van der Waals surface area (Å²) in [6.45, 7) is 1.62. The first-order valence-corrected chi connectivity index (χ1v) is 5.83. The smallest absolute Gasteiger partial charge is 0.343 e. The number of aromatic carboxylic acids is 1. The summed E-state index contributed by atoms with van der Waals surface area (Å²) < 4.78 is 7.67. The van der Waals surface area contributed by atoms with Gasteiger partial charge in [-0.15, -0.1) is 0 Å². The van der Waals surface area contributed by atoms with Crippen molar-refractivity contribution in [1.82, 2.24) is 14.8 Å². The van der Waals surface area contributed by atoms with E-state index in [2.05, 4.69) is 26.0 Å². The lowest BCUT2D eigenvalue weighted by Crippen LogP contribution is -2.02. The minimum absolute atomic E-state index is 0.0532. The molecule has 0 saturated carbocycles. The van der Waals surface area contributed by atoms with Crippen LogP contribution in [0.4, 0.5) is 0 Å². The maximum absolute atomic E-state index is 11.2. The molecule has 18 heavy (non-hydrogen) atoms. The molecular formula is C11H10BrN3O3. The van der Waals surface area contributed by atoms with Crippen molar-refractivity contribution in [3.8, 4) is 11.6 Å². The van der Waals surface area contributed by atoms with E-state index in [1.165, 1.54) is 10.9 Å².